The van der Waals surface area contributed by atoms with E-state index in [1.807, 2.05) is 50.2 Å². The van der Waals surface area contributed by atoms with Crippen LogP contribution in [0.4, 0.5) is 0 Å². The summed E-state index contributed by atoms with van der Waals surface area (Å²) < 4.78 is 1.90. The molecule has 2 aromatic carbocycles. The van der Waals surface area contributed by atoms with Crippen molar-refractivity contribution in [1.29, 1.82) is 0 Å². The Morgan fingerprint density at radius 2 is 1.70 bits per heavy atom. The minimum absolute atomic E-state index is 0.00718. The van der Waals surface area contributed by atoms with Crippen LogP contribution in [0.15, 0.2) is 47.3 Å². The maximum Gasteiger partial charge on any atom is 0.195 e. The summed E-state index contributed by atoms with van der Waals surface area (Å²) in [5, 5.41) is 1.36. The van der Waals surface area contributed by atoms with Crippen LogP contribution in [-0.2, 0) is 0 Å². The van der Waals surface area contributed by atoms with Gasteiger partial charge in [0.25, 0.3) is 0 Å². The number of ketones is 1. The number of hydrogen-bond donors (Lipinski definition) is 0. The van der Waals surface area contributed by atoms with Crippen LogP contribution in [-0.4, -0.2) is 5.78 Å². The quantitative estimate of drug-likeness (QED) is 0.520. The summed E-state index contributed by atoms with van der Waals surface area (Å²) in [4.78, 5) is 24.6. The highest BCUT2D eigenvalue weighted by Crippen LogP contribution is 2.25. The number of Topliss-reactive ketones (excluding diaryl/α,β-unsaturated/α-hetero) is 1. The highest BCUT2D eigenvalue weighted by molar-refractivity contribution is 7.24. The zero-order chi connectivity index (χ0) is 14.3. The van der Waals surface area contributed by atoms with Crippen LogP contribution in [0.2, 0.25) is 0 Å². The minimum atomic E-state index is -0.0633. The molecule has 0 radical (unpaired) electrons. The van der Waals surface area contributed by atoms with Gasteiger partial charge in [-0.15, -0.1) is 11.3 Å². The molecule has 1 aromatic heterocycles. The first kappa shape index (κ1) is 13.0. The van der Waals surface area contributed by atoms with Crippen molar-refractivity contribution in [3.05, 3.63) is 58.3 Å². The molecule has 2 nitrogen and oxygen atoms in total. The summed E-state index contributed by atoms with van der Waals surface area (Å²) in [6.07, 6.45) is 0. The highest BCUT2D eigenvalue weighted by Gasteiger charge is 2.13. The Morgan fingerprint density at radius 3 is 2.45 bits per heavy atom. The molecule has 0 unspecified atom stereocenters. The first-order chi connectivity index (χ1) is 9.58. The largest absolute Gasteiger partial charge is 0.294 e. The zero-order valence-corrected chi connectivity index (χ0v) is 12.2. The van der Waals surface area contributed by atoms with Gasteiger partial charge < -0.3 is 0 Å². The number of carbonyl (C=O) groups excluding carboxylic acids is 1. The topological polar surface area (TPSA) is 34.1 Å². The van der Waals surface area contributed by atoms with Crippen LogP contribution in [0.1, 0.15) is 24.2 Å². The third kappa shape index (κ3) is 2.04. The van der Waals surface area contributed by atoms with Crippen molar-refractivity contribution >= 4 is 37.3 Å². The Balaban J connectivity index is 2.34. The van der Waals surface area contributed by atoms with Crippen molar-refractivity contribution in [3.8, 4) is 0 Å². The normalized spacial score (nSPS) is 11.3. The van der Waals surface area contributed by atoms with Gasteiger partial charge in [0.2, 0.25) is 0 Å². The predicted molar refractivity (Wildman–Crippen MR) is 84.8 cm³/mol. The molecule has 20 heavy (non-hydrogen) atoms. The van der Waals surface area contributed by atoms with Gasteiger partial charge >= 0.3 is 0 Å². The molecule has 0 saturated heterocycles. The summed E-state index contributed by atoms with van der Waals surface area (Å²) in [6.45, 7) is 3.74. The SMILES string of the molecule is CC(C)C(=O)c1ccc2sc3ccccc3c(=O)c2c1. The molecule has 0 aliphatic rings. The fourth-order valence-corrected chi connectivity index (χ4v) is 3.34. The Labute approximate surface area is 120 Å². The van der Waals surface area contributed by atoms with E-state index in [1.54, 1.807) is 17.4 Å². The molecule has 3 rings (SSSR count). The molecule has 0 aliphatic heterocycles. The van der Waals surface area contributed by atoms with Gasteiger partial charge in [-0.25, -0.2) is 0 Å². The van der Waals surface area contributed by atoms with E-state index in [0.29, 0.717) is 10.9 Å². The summed E-state index contributed by atoms with van der Waals surface area (Å²) in [7, 11) is 0. The van der Waals surface area contributed by atoms with Crippen molar-refractivity contribution in [3.63, 3.8) is 0 Å². The van der Waals surface area contributed by atoms with Crippen LogP contribution >= 0.6 is 11.3 Å². The number of hydrogen-bond acceptors (Lipinski definition) is 3. The van der Waals surface area contributed by atoms with Crippen LogP contribution in [0, 0.1) is 5.92 Å². The smallest absolute Gasteiger partial charge is 0.195 e. The molecule has 0 N–H and O–H groups in total. The van der Waals surface area contributed by atoms with E-state index in [-0.39, 0.29) is 17.1 Å². The van der Waals surface area contributed by atoms with Gasteiger partial charge in [0.1, 0.15) is 0 Å². The first-order valence-corrected chi connectivity index (χ1v) is 7.39. The van der Waals surface area contributed by atoms with Crippen molar-refractivity contribution in [2.75, 3.05) is 0 Å². The second kappa shape index (κ2) is 4.84. The molecular weight excluding hydrogens is 268 g/mol. The number of benzene rings is 2. The Bertz CT molecular complexity index is 875. The highest BCUT2D eigenvalue weighted by atomic mass is 32.1. The molecule has 3 heteroatoms. The maximum absolute atomic E-state index is 12.5. The fourth-order valence-electron chi connectivity index (χ4n) is 2.29. The van der Waals surface area contributed by atoms with E-state index in [9.17, 15) is 9.59 Å². The van der Waals surface area contributed by atoms with E-state index in [1.165, 1.54) is 0 Å². The van der Waals surface area contributed by atoms with Gasteiger partial charge in [-0.1, -0.05) is 26.0 Å². The fraction of sp³-hybridized carbons (Fsp3) is 0.176. The van der Waals surface area contributed by atoms with Crippen molar-refractivity contribution in [2.24, 2.45) is 5.92 Å². The van der Waals surface area contributed by atoms with E-state index in [0.717, 1.165) is 14.8 Å². The van der Waals surface area contributed by atoms with Gasteiger partial charge in [0.15, 0.2) is 11.2 Å². The maximum atomic E-state index is 12.5. The van der Waals surface area contributed by atoms with Crippen LogP contribution in [0.5, 0.6) is 0 Å². The second-order valence-corrected chi connectivity index (χ2v) is 6.24. The monoisotopic (exact) mass is 282 g/mol. The average Bonchev–Trinajstić information content (AvgIpc) is 2.46. The molecule has 0 spiro atoms. The zero-order valence-electron chi connectivity index (χ0n) is 11.3. The Kier molecular flexibility index (Phi) is 3.14. The summed E-state index contributed by atoms with van der Waals surface area (Å²) in [6, 6.07) is 13.0. The van der Waals surface area contributed by atoms with Gasteiger partial charge in [-0.05, 0) is 30.3 Å². The van der Waals surface area contributed by atoms with Crippen molar-refractivity contribution in [1.82, 2.24) is 0 Å². The van der Waals surface area contributed by atoms with Gasteiger partial charge in [-0.3, -0.25) is 9.59 Å². The molecule has 1 heterocycles. The standard InChI is InChI=1S/C17H14O2S/c1-10(2)16(18)11-7-8-15-13(9-11)17(19)12-5-3-4-6-14(12)20-15/h3-10H,1-2H3. The van der Waals surface area contributed by atoms with E-state index < -0.39 is 0 Å². The molecule has 0 atom stereocenters. The van der Waals surface area contributed by atoms with Gasteiger partial charge in [0, 0.05) is 31.7 Å². The van der Waals surface area contributed by atoms with Crippen LogP contribution in [0.3, 0.4) is 0 Å². The second-order valence-electron chi connectivity index (χ2n) is 5.16. The number of carbonyl (C=O) groups is 1. The first-order valence-electron chi connectivity index (χ1n) is 6.58. The lowest BCUT2D eigenvalue weighted by molar-refractivity contribution is 0.0939. The number of fused-ring (bicyclic) bond motifs is 2. The molecule has 0 amide bonds. The Morgan fingerprint density at radius 1 is 1.00 bits per heavy atom. The summed E-state index contributed by atoms with van der Waals surface area (Å²) in [5.74, 6) is 0.0103. The molecule has 3 aromatic rings. The van der Waals surface area contributed by atoms with E-state index in [2.05, 4.69) is 0 Å². The average molecular weight is 282 g/mol. The van der Waals surface area contributed by atoms with Gasteiger partial charge in [0.05, 0.1) is 0 Å². The molecule has 0 saturated carbocycles. The lowest BCUT2D eigenvalue weighted by atomic mass is 10.00. The van der Waals surface area contributed by atoms with E-state index >= 15 is 0 Å². The lowest BCUT2D eigenvalue weighted by Gasteiger charge is -2.06. The Hall–Kier alpha value is -2.00. The molecule has 100 valence electrons. The summed E-state index contributed by atoms with van der Waals surface area (Å²) >= 11 is 1.58. The molecule has 0 fully saturated rings. The lowest BCUT2D eigenvalue weighted by Crippen LogP contribution is -2.08. The van der Waals surface area contributed by atoms with Crippen molar-refractivity contribution in [2.45, 2.75) is 13.8 Å². The van der Waals surface area contributed by atoms with Crippen LogP contribution < -0.4 is 5.43 Å². The van der Waals surface area contributed by atoms with E-state index in [4.69, 9.17) is 0 Å². The number of rotatable bonds is 2. The molecular formula is C17H14O2S. The minimum Gasteiger partial charge on any atom is -0.294 e. The van der Waals surface area contributed by atoms with Gasteiger partial charge in [-0.2, -0.15) is 0 Å². The molecule has 0 aliphatic carbocycles. The summed E-state index contributed by atoms with van der Waals surface area (Å²) in [5.41, 5.74) is 0.625. The molecule has 0 bridgehead atoms. The third-order valence-electron chi connectivity index (χ3n) is 3.38. The van der Waals surface area contributed by atoms with Crippen molar-refractivity contribution < 1.29 is 4.79 Å². The third-order valence-corrected chi connectivity index (χ3v) is 4.54. The predicted octanol–water partition coefficient (Wildman–Crippen LogP) is 4.25. The van der Waals surface area contributed by atoms with Crippen LogP contribution in [0.25, 0.3) is 20.2 Å².